The van der Waals surface area contributed by atoms with Gasteiger partial charge in [0.1, 0.15) is 18.1 Å². The minimum Gasteiger partial charge on any atom is -0.497 e. The number of ether oxygens (including phenoxy) is 3. The van der Waals surface area contributed by atoms with E-state index < -0.39 is 5.97 Å². The second-order valence-electron chi connectivity index (χ2n) is 3.03. The molecule has 0 bridgehead atoms. The van der Waals surface area contributed by atoms with Gasteiger partial charge >= 0.3 is 5.97 Å². The Morgan fingerprint density at radius 1 is 1.19 bits per heavy atom. The van der Waals surface area contributed by atoms with Crippen LogP contribution in [0.4, 0.5) is 0 Å². The third-order valence-electron chi connectivity index (χ3n) is 1.94. The van der Waals surface area contributed by atoms with Gasteiger partial charge in [0, 0.05) is 12.6 Å². The van der Waals surface area contributed by atoms with Gasteiger partial charge in [0.15, 0.2) is 0 Å². The van der Waals surface area contributed by atoms with Gasteiger partial charge in [-0.05, 0) is 12.1 Å². The maximum atomic E-state index is 11.6. The molecule has 0 aliphatic rings. The number of rotatable bonds is 5. The standard InChI is InChI=1S/C11H15NO4/c1-14-9-5-8(6-10(7-9)15-2)11(13)16-4-3-12/h5-7H,3-4,12H2,1-2H3. The molecule has 1 aromatic rings. The van der Waals surface area contributed by atoms with Gasteiger partial charge in [-0.25, -0.2) is 4.79 Å². The Kier molecular flexibility index (Phi) is 4.60. The molecule has 0 fully saturated rings. The summed E-state index contributed by atoms with van der Waals surface area (Å²) in [6.45, 7) is 0.491. The molecular weight excluding hydrogens is 210 g/mol. The van der Waals surface area contributed by atoms with Crippen LogP contribution in [-0.2, 0) is 4.74 Å². The van der Waals surface area contributed by atoms with E-state index >= 15 is 0 Å². The van der Waals surface area contributed by atoms with Crippen molar-refractivity contribution in [2.24, 2.45) is 5.73 Å². The highest BCUT2D eigenvalue weighted by molar-refractivity contribution is 5.90. The largest absolute Gasteiger partial charge is 0.497 e. The Bertz CT molecular complexity index is 343. The van der Waals surface area contributed by atoms with Gasteiger partial charge in [-0.2, -0.15) is 0 Å². The number of carbonyl (C=O) groups is 1. The first-order valence-corrected chi connectivity index (χ1v) is 4.81. The van der Waals surface area contributed by atoms with Crippen molar-refractivity contribution < 1.29 is 19.0 Å². The molecule has 0 saturated carbocycles. The average Bonchev–Trinajstić information content (AvgIpc) is 2.35. The molecule has 0 heterocycles. The number of benzene rings is 1. The normalized spacial score (nSPS) is 9.69. The first-order valence-electron chi connectivity index (χ1n) is 4.81. The molecule has 88 valence electrons. The zero-order valence-corrected chi connectivity index (χ0v) is 9.36. The van der Waals surface area contributed by atoms with Crippen LogP contribution in [0.2, 0.25) is 0 Å². The van der Waals surface area contributed by atoms with Crippen LogP contribution in [0.1, 0.15) is 10.4 Å². The Labute approximate surface area is 94.1 Å². The third kappa shape index (κ3) is 3.13. The molecule has 1 aromatic carbocycles. The lowest BCUT2D eigenvalue weighted by Crippen LogP contribution is -2.13. The van der Waals surface area contributed by atoms with Gasteiger partial charge in [0.2, 0.25) is 0 Å². The second-order valence-corrected chi connectivity index (χ2v) is 3.03. The molecule has 5 nitrogen and oxygen atoms in total. The fraction of sp³-hybridized carbons (Fsp3) is 0.364. The molecule has 2 N–H and O–H groups in total. The van der Waals surface area contributed by atoms with E-state index in [0.717, 1.165) is 0 Å². The SMILES string of the molecule is COc1cc(OC)cc(C(=O)OCCN)c1. The van der Waals surface area contributed by atoms with E-state index in [1.54, 1.807) is 18.2 Å². The van der Waals surface area contributed by atoms with Crippen molar-refractivity contribution in [3.63, 3.8) is 0 Å². The fourth-order valence-corrected chi connectivity index (χ4v) is 1.16. The van der Waals surface area contributed by atoms with Crippen LogP contribution >= 0.6 is 0 Å². The summed E-state index contributed by atoms with van der Waals surface area (Å²) >= 11 is 0. The Balaban J connectivity index is 2.89. The summed E-state index contributed by atoms with van der Waals surface area (Å²) in [4.78, 5) is 11.6. The van der Waals surface area contributed by atoms with Crippen molar-refractivity contribution in [2.75, 3.05) is 27.4 Å². The number of methoxy groups -OCH3 is 2. The molecular formula is C11H15NO4. The number of esters is 1. The third-order valence-corrected chi connectivity index (χ3v) is 1.94. The van der Waals surface area contributed by atoms with Crippen molar-refractivity contribution in [3.05, 3.63) is 23.8 Å². The topological polar surface area (TPSA) is 70.8 Å². The first kappa shape index (κ1) is 12.3. The lowest BCUT2D eigenvalue weighted by Gasteiger charge is -2.08. The maximum Gasteiger partial charge on any atom is 0.338 e. The van der Waals surface area contributed by atoms with Gasteiger partial charge in [-0.3, -0.25) is 0 Å². The molecule has 0 atom stereocenters. The van der Waals surface area contributed by atoms with E-state index in [-0.39, 0.29) is 6.61 Å². The van der Waals surface area contributed by atoms with Crippen LogP contribution in [0.15, 0.2) is 18.2 Å². The van der Waals surface area contributed by atoms with Crippen LogP contribution in [0.3, 0.4) is 0 Å². The second kappa shape index (κ2) is 5.97. The first-order chi connectivity index (χ1) is 7.71. The smallest absolute Gasteiger partial charge is 0.338 e. The zero-order valence-electron chi connectivity index (χ0n) is 9.36. The fourth-order valence-electron chi connectivity index (χ4n) is 1.16. The van der Waals surface area contributed by atoms with Gasteiger partial charge in [-0.15, -0.1) is 0 Å². The maximum absolute atomic E-state index is 11.6. The molecule has 0 saturated heterocycles. The van der Waals surface area contributed by atoms with Crippen LogP contribution in [0, 0.1) is 0 Å². The lowest BCUT2D eigenvalue weighted by atomic mass is 10.2. The molecule has 5 heteroatoms. The van der Waals surface area contributed by atoms with E-state index in [1.165, 1.54) is 14.2 Å². The van der Waals surface area contributed by atoms with Gasteiger partial charge in [0.05, 0.1) is 19.8 Å². The number of hydrogen-bond acceptors (Lipinski definition) is 5. The molecule has 0 aliphatic carbocycles. The summed E-state index contributed by atoms with van der Waals surface area (Å²) in [5.74, 6) is 0.640. The summed E-state index contributed by atoms with van der Waals surface area (Å²) in [6.07, 6.45) is 0. The number of hydrogen-bond donors (Lipinski definition) is 1. The monoisotopic (exact) mass is 225 g/mol. The highest BCUT2D eigenvalue weighted by Gasteiger charge is 2.10. The molecule has 0 radical (unpaired) electrons. The summed E-state index contributed by atoms with van der Waals surface area (Å²) in [5.41, 5.74) is 5.62. The Morgan fingerprint density at radius 3 is 2.19 bits per heavy atom. The van der Waals surface area contributed by atoms with Crippen molar-refractivity contribution in [1.29, 1.82) is 0 Å². The molecule has 0 spiro atoms. The molecule has 0 amide bonds. The van der Waals surface area contributed by atoms with Crippen LogP contribution < -0.4 is 15.2 Å². The Morgan fingerprint density at radius 2 is 1.75 bits per heavy atom. The van der Waals surface area contributed by atoms with Crippen LogP contribution in [0.5, 0.6) is 11.5 Å². The zero-order chi connectivity index (χ0) is 12.0. The van der Waals surface area contributed by atoms with Crippen molar-refractivity contribution in [3.8, 4) is 11.5 Å². The molecule has 1 rings (SSSR count). The van der Waals surface area contributed by atoms with E-state index in [4.69, 9.17) is 19.9 Å². The van der Waals surface area contributed by atoms with Crippen LogP contribution in [-0.4, -0.2) is 33.3 Å². The van der Waals surface area contributed by atoms with E-state index in [0.29, 0.717) is 23.6 Å². The van der Waals surface area contributed by atoms with Gasteiger partial charge in [-0.1, -0.05) is 0 Å². The molecule has 0 unspecified atom stereocenters. The Hall–Kier alpha value is -1.75. The van der Waals surface area contributed by atoms with Crippen molar-refractivity contribution in [1.82, 2.24) is 0 Å². The number of carbonyl (C=O) groups excluding carboxylic acids is 1. The van der Waals surface area contributed by atoms with Gasteiger partial charge < -0.3 is 19.9 Å². The van der Waals surface area contributed by atoms with Crippen LogP contribution in [0.25, 0.3) is 0 Å². The van der Waals surface area contributed by atoms with Gasteiger partial charge in [0.25, 0.3) is 0 Å². The predicted octanol–water partition coefficient (Wildman–Crippen LogP) is 0.819. The summed E-state index contributed by atoms with van der Waals surface area (Å²) in [7, 11) is 3.04. The van der Waals surface area contributed by atoms with E-state index in [9.17, 15) is 4.79 Å². The summed E-state index contributed by atoms with van der Waals surface area (Å²) in [5, 5.41) is 0. The molecule has 0 aliphatic heterocycles. The van der Waals surface area contributed by atoms with E-state index in [2.05, 4.69) is 0 Å². The molecule has 16 heavy (non-hydrogen) atoms. The quantitative estimate of drug-likeness (QED) is 0.751. The van der Waals surface area contributed by atoms with Crippen molar-refractivity contribution >= 4 is 5.97 Å². The average molecular weight is 225 g/mol. The number of nitrogens with two attached hydrogens (primary N) is 1. The minimum atomic E-state index is -0.442. The van der Waals surface area contributed by atoms with Crippen molar-refractivity contribution in [2.45, 2.75) is 0 Å². The summed E-state index contributed by atoms with van der Waals surface area (Å²) in [6, 6.07) is 4.85. The predicted molar refractivity (Wildman–Crippen MR) is 58.9 cm³/mol. The highest BCUT2D eigenvalue weighted by Crippen LogP contribution is 2.22. The lowest BCUT2D eigenvalue weighted by molar-refractivity contribution is 0.0516. The minimum absolute atomic E-state index is 0.193. The van der Waals surface area contributed by atoms with E-state index in [1.807, 2.05) is 0 Å². The summed E-state index contributed by atoms with van der Waals surface area (Å²) < 4.78 is 15.0. The molecule has 0 aromatic heterocycles. The highest BCUT2D eigenvalue weighted by atomic mass is 16.5.